The van der Waals surface area contributed by atoms with Gasteiger partial charge in [-0.2, -0.15) is 0 Å². The monoisotopic (exact) mass is 212 g/mol. The molecule has 0 bridgehead atoms. The zero-order valence-electron chi connectivity index (χ0n) is 9.06. The van der Waals surface area contributed by atoms with Gasteiger partial charge in [-0.05, 0) is 25.2 Å². The molecule has 2 atom stereocenters. The van der Waals surface area contributed by atoms with Crippen LogP contribution in [0, 0.1) is 5.92 Å². The second-order valence-corrected chi connectivity index (χ2v) is 5.00. The highest BCUT2D eigenvalue weighted by atomic mass is 16.4. The minimum atomic E-state index is -0.692. The van der Waals surface area contributed by atoms with E-state index in [4.69, 9.17) is 10.8 Å². The van der Waals surface area contributed by atoms with Crippen LogP contribution in [-0.4, -0.2) is 41.1 Å². The van der Waals surface area contributed by atoms with Crippen LogP contribution in [0.3, 0.4) is 0 Å². The van der Waals surface area contributed by atoms with Crippen LogP contribution in [-0.2, 0) is 4.79 Å². The number of hydrogen-bond acceptors (Lipinski definition) is 3. The van der Waals surface area contributed by atoms with Crippen LogP contribution in [0.2, 0.25) is 0 Å². The second-order valence-electron chi connectivity index (χ2n) is 5.00. The summed E-state index contributed by atoms with van der Waals surface area (Å²) in [5, 5.41) is 8.79. The zero-order valence-corrected chi connectivity index (χ0v) is 9.06. The third kappa shape index (κ3) is 2.69. The van der Waals surface area contributed by atoms with Crippen LogP contribution < -0.4 is 5.73 Å². The average molecular weight is 212 g/mol. The summed E-state index contributed by atoms with van der Waals surface area (Å²) in [6.07, 6.45) is 5.01. The summed E-state index contributed by atoms with van der Waals surface area (Å²) >= 11 is 0. The molecule has 2 unspecified atom stereocenters. The Morgan fingerprint density at radius 3 is 2.67 bits per heavy atom. The van der Waals surface area contributed by atoms with Crippen LogP contribution in [0.1, 0.15) is 32.1 Å². The van der Waals surface area contributed by atoms with E-state index >= 15 is 0 Å². The smallest absolute Gasteiger partial charge is 0.303 e. The summed E-state index contributed by atoms with van der Waals surface area (Å²) in [7, 11) is 0. The van der Waals surface area contributed by atoms with Gasteiger partial charge >= 0.3 is 5.97 Å². The highest BCUT2D eigenvalue weighted by Crippen LogP contribution is 2.29. The molecule has 4 heteroatoms. The summed E-state index contributed by atoms with van der Waals surface area (Å²) in [5.41, 5.74) is 5.97. The summed E-state index contributed by atoms with van der Waals surface area (Å²) in [5.74, 6) is -0.436. The first-order valence-electron chi connectivity index (χ1n) is 5.86. The molecule has 1 aliphatic heterocycles. The van der Waals surface area contributed by atoms with Gasteiger partial charge in [0.15, 0.2) is 0 Å². The number of likely N-dealkylation sites (tertiary alicyclic amines) is 1. The average Bonchev–Trinajstić information content (AvgIpc) is 1.96. The molecular formula is C11H20N2O2. The maximum atomic E-state index is 10.7. The molecule has 15 heavy (non-hydrogen) atoms. The number of aliphatic carboxylic acids is 1. The Morgan fingerprint density at radius 1 is 1.40 bits per heavy atom. The summed E-state index contributed by atoms with van der Waals surface area (Å²) in [4.78, 5) is 13.1. The first-order valence-corrected chi connectivity index (χ1v) is 5.86. The zero-order chi connectivity index (χ0) is 10.8. The number of carboxylic acids is 1. The lowest BCUT2D eigenvalue weighted by Crippen LogP contribution is -2.53. The Kier molecular flexibility index (Phi) is 3.26. The van der Waals surface area contributed by atoms with Gasteiger partial charge < -0.3 is 10.8 Å². The van der Waals surface area contributed by atoms with Crippen molar-refractivity contribution in [3.05, 3.63) is 0 Å². The number of hydrogen-bond donors (Lipinski definition) is 2. The molecule has 2 fully saturated rings. The molecule has 1 aliphatic carbocycles. The molecule has 2 rings (SSSR count). The third-order valence-electron chi connectivity index (χ3n) is 3.65. The van der Waals surface area contributed by atoms with Crippen LogP contribution >= 0.6 is 0 Å². The maximum Gasteiger partial charge on any atom is 0.303 e. The van der Waals surface area contributed by atoms with Gasteiger partial charge in [-0.1, -0.05) is 6.42 Å². The number of piperidine rings is 1. The predicted molar refractivity (Wildman–Crippen MR) is 57.5 cm³/mol. The van der Waals surface area contributed by atoms with Crippen LogP contribution in [0.4, 0.5) is 0 Å². The molecule has 1 heterocycles. The van der Waals surface area contributed by atoms with E-state index in [-0.39, 0.29) is 18.4 Å². The molecular weight excluding hydrogens is 192 g/mol. The quantitative estimate of drug-likeness (QED) is 0.721. The minimum absolute atomic E-state index is 0.170. The van der Waals surface area contributed by atoms with E-state index in [1.165, 1.54) is 19.3 Å². The van der Waals surface area contributed by atoms with Crippen molar-refractivity contribution in [2.24, 2.45) is 11.7 Å². The Bertz CT molecular complexity index is 241. The van der Waals surface area contributed by atoms with E-state index in [1.807, 2.05) is 0 Å². The Labute approximate surface area is 90.4 Å². The number of nitrogens with zero attached hydrogens (tertiary/aromatic N) is 1. The molecule has 4 nitrogen and oxygen atoms in total. The van der Waals surface area contributed by atoms with E-state index < -0.39 is 5.97 Å². The first-order chi connectivity index (χ1) is 7.15. The van der Waals surface area contributed by atoms with E-state index in [9.17, 15) is 4.79 Å². The summed E-state index contributed by atoms with van der Waals surface area (Å²) in [6.45, 7) is 1.89. The van der Waals surface area contributed by atoms with Crippen molar-refractivity contribution in [3.63, 3.8) is 0 Å². The minimum Gasteiger partial charge on any atom is -0.481 e. The van der Waals surface area contributed by atoms with E-state index in [0.29, 0.717) is 6.04 Å². The Balaban J connectivity index is 1.88. The fraction of sp³-hybridized carbons (Fsp3) is 0.909. The molecule has 1 saturated heterocycles. The lowest BCUT2D eigenvalue weighted by molar-refractivity contribution is -0.138. The molecule has 0 spiro atoms. The molecule has 2 aliphatic rings. The Morgan fingerprint density at radius 2 is 2.13 bits per heavy atom. The molecule has 0 radical (unpaired) electrons. The molecule has 0 amide bonds. The van der Waals surface area contributed by atoms with Crippen molar-refractivity contribution in [1.82, 2.24) is 4.90 Å². The van der Waals surface area contributed by atoms with Gasteiger partial charge in [-0.25, -0.2) is 0 Å². The fourth-order valence-corrected chi connectivity index (χ4v) is 2.73. The van der Waals surface area contributed by atoms with Gasteiger partial charge in [-0.3, -0.25) is 9.69 Å². The topological polar surface area (TPSA) is 66.6 Å². The molecule has 3 N–H and O–H groups in total. The van der Waals surface area contributed by atoms with E-state index in [0.717, 1.165) is 19.5 Å². The SMILES string of the molecule is NC1CC(CC(=O)O)CN(C2CCC2)C1. The van der Waals surface area contributed by atoms with Gasteiger partial charge in [-0.15, -0.1) is 0 Å². The summed E-state index contributed by atoms with van der Waals surface area (Å²) in [6, 6.07) is 0.858. The highest BCUT2D eigenvalue weighted by Gasteiger charge is 2.32. The van der Waals surface area contributed by atoms with Gasteiger partial charge in [0, 0.05) is 31.6 Å². The molecule has 0 aromatic heterocycles. The summed E-state index contributed by atoms with van der Waals surface area (Å²) < 4.78 is 0. The lowest BCUT2D eigenvalue weighted by Gasteiger charge is -2.44. The largest absolute Gasteiger partial charge is 0.481 e. The second kappa shape index (κ2) is 4.49. The van der Waals surface area contributed by atoms with Crippen molar-refractivity contribution >= 4 is 5.97 Å². The van der Waals surface area contributed by atoms with Crippen LogP contribution in [0.25, 0.3) is 0 Å². The number of rotatable bonds is 3. The third-order valence-corrected chi connectivity index (χ3v) is 3.65. The van der Waals surface area contributed by atoms with Crippen LogP contribution in [0.5, 0.6) is 0 Å². The molecule has 86 valence electrons. The van der Waals surface area contributed by atoms with E-state index in [2.05, 4.69) is 4.90 Å². The normalized spacial score (nSPS) is 33.7. The van der Waals surface area contributed by atoms with Crippen molar-refractivity contribution in [2.45, 2.75) is 44.2 Å². The van der Waals surface area contributed by atoms with Gasteiger partial charge in [0.1, 0.15) is 0 Å². The Hall–Kier alpha value is -0.610. The molecule has 0 aromatic rings. The van der Waals surface area contributed by atoms with E-state index in [1.54, 1.807) is 0 Å². The predicted octanol–water partition coefficient (Wildman–Crippen LogP) is 0.663. The number of carbonyl (C=O) groups is 1. The lowest BCUT2D eigenvalue weighted by atomic mass is 9.85. The molecule has 1 saturated carbocycles. The van der Waals surface area contributed by atoms with Crippen molar-refractivity contribution < 1.29 is 9.90 Å². The number of carboxylic acid groups (broad SMARTS) is 1. The van der Waals surface area contributed by atoms with Crippen molar-refractivity contribution in [1.29, 1.82) is 0 Å². The van der Waals surface area contributed by atoms with Gasteiger partial charge in [0.25, 0.3) is 0 Å². The highest BCUT2D eigenvalue weighted by molar-refractivity contribution is 5.67. The van der Waals surface area contributed by atoms with Crippen molar-refractivity contribution in [3.8, 4) is 0 Å². The fourth-order valence-electron chi connectivity index (χ4n) is 2.73. The number of nitrogens with two attached hydrogens (primary N) is 1. The van der Waals surface area contributed by atoms with Gasteiger partial charge in [0.2, 0.25) is 0 Å². The molecule has 0 aromatic carbocycles. The van der Waals surface area contributed by atoms with Gasteiger partial charge in [0.05, 0.1) is 0 Å². The maximum absolute atomic E-state index is 10.7. The first kappa shape index (κ1) is 10.9. The van der Waals surface area contributed by atoms with Crippen LogP contribution in [0.15, 0.2) is 0 Å². The standard InChI is InChI=1S/C11H20N2O2/c12-9-4-8(5-11(14)15)6-13(7-9)10-2-1-3-10/h8-10H,1-7,12H2,(H,14,15). The van der Waals surface area contributed by atoms with Crippen molar-refractivity contribution in [2.75, 3.05) is 13.1 Å².